The zero-order chi connectivity index (χ0) is 19.5. The molecule has 1 saturated carbocycles. The molecule has 0 aromatic heterocycles. The summed E-state index contributed by atoms with van der Waals surface area (Å²) < 4.78 is 13.9. The molecule has 6 heteroatoms. The van der Waals surface area contributed by atoms with E-state index in [1.54, 1.807) is 6.08 Å². The second kappa shape index (κ2) is 12.5. The maximum absolute atomic E-state index is 13.9. The Bertz CT molecular complexity index is 469. The van der Waals surface area contributed by atoms with Crippen LogP contribution < -0.4 is 0 Å². The highest BCUT2D eigenvalue weighted by atomic mass is 35.5. The van der Waals surface area contributed by atoms with Gasteiger partial charge in [-0.1, -0.05) is 44.1 Å². The van der Waals surface area contributed by atoms with E-state index in [1.807, 2.05) is 19.1 Å². The predicted octanol–water partition coefficient (Wildman–Crippen LogP) is 4.24. The number of hydrogen-bond donors (Lipinski definition) is 3. The van der Waals surface area contributed by atoms with Gasteiger partial charge in [0, 0.05) is 17.7 Å². The number of aliphatic hydroxyl groups excluding tert-OH is 2. The summed E-state index contributed by atoms with van der Waals surface area (Å²) in [4.78, 5) is 10.5. The highest BCUT2D eigenvalue weighted by Gasteiger charge is 2.39. The molecule has 1 unspecified atom stereocenters. The molecule has 0 aliphatic heterocycles. The molecule has 0 bridgehead atoms. The van der Waals surface area contributed by atoms with Gasteiger partial charge in [0.2, 0.25) is 0 Å². The largest absolute Gasteiger partial charge is 0.481 e. The first-order chi connectivity index (χ1) is 12.4. The van der Waals surface area contributed by atoms with Crippen LogP contribution in [0.1, 0.15) is 58.3 Å². The Balaban J connectivity index is 2.54. The number of rotatable bonds is 12. The summed E-state index contributed by atoms with van der Waals surface area (Å²) in [6, 6.07) is 0. The normalized spacial score (nSPS) is 28.8. The van der Waals surface area contributed by atoms with Gasteiger partial charge in [-0.2, -0.15) is 0 Å². The summed E-state index contributed by atoms with van der Waals surface area (Å²) in [6.45, 7) is 1.98. The van der Waals surface area contributed by atoms with Gasteiger partial charge in [-0.05, 0) is 38.0 Å². The Labute approximate surface area is 160 Å². The minimum absolute atomic E-state index is 0.0135. The van der Waals surface area contributed by atoms with Crippen molar-refractivity contribution in [1.82, 2.24) is 0 Å². The lowest BCUT2D eigenvalue weighted by molar-refractivity contribution is -0.137. The summed E-state index contributed by atoms with van der Waals surface area (Å²) in [5, 5.41) is 28.6. The Morgan fingerprint density at radius 1 is 1.35 bits per heavy atom. The third-order valence-electron chi connectivity index (χ3n) is 4.94. The fraction of sp³-hybridized carbons (Fsp3) is 0.750. The lowest BCUT2D eigenvalue weighted by Crippen LogP contribution is -2.22. The van der Waals surface area contributed by atoms with Gasteiger partial charge in [-0.15, -0.1) is 11.6 Å². The summed E-state index contributed by atoms with van der Waals surface area (Å²) in [6.07, 6.45) is 8.54. The number of carbonyl (C=O) groups is 1. The summed E-state index contributed by atoms with van der Waals surface area (Å²) in [5.41, 5.74) is 0. The van der Waals surface area contributed by atoms with E-state index in [0.29, 0.717) is 32.1 Å². The first kappa shape index (κ1) is 23.1. The first-order valence-electron chi connectivity index (χ1n) is 9.56. The van der Waals surface area contributed by atoms with E-state index in [4.69, 9.17) is 16.7 Å². The van der Waals surface area contributed by atoms with E-state index in [0.717, 1.165) is 12.8 Å². The van der Waals surface area contributed by atoms with E-state index in [1.165, 1.54) is 6.08 Å². The van der Waals surface area contributed by atoms with Crippen LogP contribution in [0.25, 0.3) is 0 Å². The third kappa shape index (κ3) is 8.19. The van der Waals surface area contributed by atoms with Crippen LogP contribution in [0.3, 0.4) is 0 Å². The zero-order valence-electron chi connectivity index (χ0n) is 15.4. The molecule has 6 atom stereocenters. The van der Waals surface area contributed by atoms with E-state index < -0.39 is 24.3 Å². The van der Waals surface area contributed by atoms with Crippen molar-refractivity contribution in [3.63, 3.8) is 0 Å². The van der Waals surface area contributed by atoms with Crippen molar-refractivity contribution in [3.8, 4) is 0 Å². The fourth-order valence-electron chi connectivity index (χ4n) is 3.34. The molecule has 4 nitrogen and oxygen atoms in total. The minimum atomic E-state index is -1.29. The minimum Gasteiger partial charge on any atom is -0.481 e. The van der Waals surface area contributed by atoms with Crippen molar-refractivity contribution < 1.29 is 24.5 Å². The number of aliphatic carboxylic acids is 1. The Morgan fingerprint density at radius 3 is 2.73 bits per heavy atom. The van der Waals surface area contributed by atoms with Crippen LogP contribution in [0.2, 0.25) is 0 Å². The van der Waals surface area contributed by atoms with Crippen LogP contribution in [0.4, 0.5) is 4.39 Å². The molecule has 0 saturated heterocycles. The molecule has 3 N–H and O–H groups in total. The molecule has 1 fully saturated rings. The van der Waals surface area contributed by atoms with Crippen LogP contribution in [0, 0.1) is 11.8 Å². The summed E-state index contributed by atoms with van der Waals surface area (Å²) in [7, 11) is 0. The molecular weight excluding hydrogens is 359 g/mol. The lowest BCUT2D eigenvalue weighted by atomic mass is 9.90. The summed E-state index contributed by atoms with van der Waals surface area (Å²) >= 11 is 6.35. The molecule has 0 radical (unpaired) electrons. The summed E-state index contributed by atoms with van der Waals surface area (Å²) in [5.74, 6) is -0.999. The average molecular weight is 391 g/mol. The van der Waals surface area contributed by atoms with E-state index in [2.05, 4.69) is 0 Å². The topological polar surface area (TPSA) is 77.8 Å². The van der Waals surface area contributed by atoms with Crippen molar-refractivity contribution in [2.45, 2.75) is 82.0 Å². The van der Waals surface area contributed by atoms with Crippen LogP contribution in [-0.2, 0) is 4.79 Å². The smallest absolute Gasteiger partial charge is 0.303 e. The fourth-order valence-corrected chi connectivity index (χ4v) is 3.79. The van der Waals surface area contributed by atoms with Gasteiger partial charge in [-0.25, -0.2) is 4.39 Å². The SMILES string of the molecule is CCCCC(F)[C@H](O)C=C[C@@H]1[C@@H](CC=CCCCC(=O)O)[C@H](Cl)C[C@H]1O. The number of aliphatic hydroxyl groups is 2. The molecule has 1 aliphatic carbocycles. The van der Waals surface area contributed by atoms with Crippen molar-refractivity contribution >= 4 is 17.6 Å². The molecule has 0 heterocycles. The van der Waals surface area contributed by atoms with Gasteiger partial charge in [0.25, 0.3) is 0 Å². The van der Waals surface area contributed by atoms with Gasteiger partial charge in [0.15, 0.2) is 0 Å². The lowest BCUT2D eigenvalue weighted by Gasteiger charge is -2.20. The number of halogens is 2. The predicted molar refractivity (Wildman–Crippen MR) is 102 cm³/mol. The molecule has 0 aromatic rings. The standard InChI is InChI=1S/C20H32ClFO4/c1-2-3-9-17(22)18(23)12-11-15-14(16(21)13-19(15)24)8-6-4-5-7-10-20(25)26/h4,6,11-12,14-19,23-24H,2-3,5,7-10,13H2,1H3,(H,25,26)/t14-,15-,16-,17?,18-,19-/m1/s1. The van der Waals surface area contributed by atoms with Crippen LogP contribution in [0.5, 0.6) is 0 Å². The molecule has 0 aromatic carbocycles. The molecular formula is C20H32ClFO4. The number of hydrogen-bond acceptors (Lipinski definition) is 3. The van der Waals surface area contributed by atoms with Gasteiger partial charge >= 0.3 is 5.97 Å². The maximum atomic E-state index is 13.9. The highest BCUT2D eigenvalue weighted by Crippen LogP contribution is 2.39. The number of carboxylic acid groups (broad SMARTS) is 1. The van der Waals surface area contributed by atoms with Crippen molar-refractivity contribution in [2.24, 2.45) is 11.8 Å². The Kier molecular flexibility index (Phi) is 11.1. The number of carboxylic acids is 1. The van der Waals surface area contributed by atoms with E-state index in [9.17, 15) is 19.4 Å². The molecule has 150 valence electrons. The molecule has 26 heavy (non-hydrogen) atoms. The number of allylic oxidation sites excluding steroid dienone is 2. The van der Waals surface area contributed by atoms with Crippen molar-refractivity contribution in [1.29, 1.82) is 0 Å². The number of alkyl halides is 2. The van der Waals surface area contributed by atoms with Gasteiger partial charge in [-0.3, -0.25) is 4.79 Å². The van der Waals surface area contributed by atoms with Gasteiger partial charge in [0.1, 0.15) is 12.3 Å². The molecule has 1 aliphatic rings. The second-order valence-electron chi connectivity index (χ2n) is 7.09. The van der Waals surface area contributed by atoms with Gasteiger partial charge in [0.05, 0.1) is 6.10 Å². The van der Waals surface area contributed by atoms with Crippen LogP contribution in [-0.4, -0.2) is 45.0 Å². The van der Waals surface area contributed by atoms with E-state index in [-0.39, 0.29) is 23.6 Å². The Hall–Kier alpha value is -0.910. The third-order valence-corrected chi connectivity index (χ3v) is 5.44. The Morgan fingerprint density at radius 2 is 2.08 bits per heavy atom. The quantitative estimate of drug-likeness (QED) is 0.264. The molecule has 1 rings (SSSR count). The maximum Gasteiger partial charge on any atom is 0.303 e. The van der Waals surface area contributed by atoms with E-state index >= 15 is 0 Å². The average Bonchev–Trinajstić information content (AvgIpc) is 2.86. The zero-order valence-corrected chi connectivity index (χ0v) is 16.2. The first-order valence-corrected chi connectivity index (χ1v) is 9.99. The molecule has 0 spiro atoms. The van der Waals surface area contributed by atoms with Crippen LogP contribution >= 0.6 is 11.6 Å². The van der Waals surface area contributed by atoms with Gasteiger partial charge < -0.3 is 15.3 Å². The van der Waals surface area contributed by atoms with Crippen molar-refractivity contribution in [3.05, 3.63) is 24.3 Å². The monoisotopic (exact) mass is 390 g/mol. The number of unbranched alkanes of at least 4 members (excludes halogenated alkanes) is 2. The van der Waals surface area contributed by atoms with Crippen molar-refractivity contribution in [2.75, 3.05) is 0 Å². The highest BCUT2D eigenvalue weighted by molar-refractivity contribution is 6.21. The second-order valence-corrected chi connectivity index (χ2v) is 7.65. The molecule has 0 amide bonds. The van der Waals surface area contributed by atoms with Crippen LogP contribution in [0.15, 0.2) is 24.3 Å².